The SMILES string of the molecule is CC(C)(C)c1cc(C=[N-])c(O)c(C(C)(C)C)c1.CC(C)(C)c1cc(C=[N-])c(O)c(C(C)(C)C)c1.OC(F)(F)C(F)(C(F)(F)F)C(F)(F)F.[Co].c1ccc([CH-][CH-]c2ccccc2)cc1. The van der Waals surface area contributed by atoms with Crippen molar-refractivity contribution >= 4 is 12.4 Å². The normalized spacial score (nSPS) is 12.4. The summed E-state index contributed by atoms with van der Waals surface area (Å²) in [4.78, 5) is 0. The van der Waals surface area contributed by atoms with E-state index in [1.807, 2.05) is 60.7 Å². The van der Waals surface area contributed by atoms with Crippen LogP contribution in [0.15, 0.2) is 84.9 Å². The number of phenolic OH excluding ortho intramolecular Hbond substituents is 2. The average molecular weight is 940 g/mol. The van der Waals surface area contributed by atoms with Gasteiger partial charge in [0.15, 0.2) is 0 Å². The first kappa shape index (κ1) is 58.4. The fourth-order valence-electron chi connectivity index (χ4n) is 5.34. The number of hydrogen-bond donors (Lipinski definition) is 3. The quantitative estimate of drug-likeness (QED) is 0.102. The predicted molar refractivity (Wildman–Crippen MR) is 231 cm³/mol. The van der Waals surface area contributed by atoms with Crippen molar-refractivity contribution in [2.24, 2.45) is 0 Å². The Kier molecular flexibility index (Phi) is 20.3. The van der Waals surface area contributed by atoms with Gasteiger partial charge in [0, 0.05) is 27.9 Å². The van der Waals surface area contributed by atoms with Gasteiger partial charge in [-0.1, -0.05) is 107 Å². The third kappa shape index (κ3) is 16.5. The molecule has 0 bridgehead atoms. The van der Waals surface area contributed by atoms with Crippen LogP contribution in [0.25, 0.3) is 10.8 Å². The van der Waals surface area contributed by atoms with Crippen molar-refractivity contribution in [3.63, 3.8) is 0 Å². The van der Waals surface area contributed by atoms with E-state index in [-0.39, 0.29) is 49.9 Å². The summed E-state index contributed by atoms with van der Waals surface area (Å²) in [6.07, 6.45) is -14.3. The van der Waals surface area contributed by atoms with Crippen molar-refractivity contribution in [2.75, 3.05) is 0 Å². The second-order valence-electron chi connectivity index (χ2n) is 18.5. The minimum Gasteiger partial charge on any atom is -0.810 e. The van der Waals surface area contributed by atoms with Gasteiger partial charge in [-0.25, -0.2) is 28.4 Å². The van der Waals surface area contributed by atoms with Crippen molar-refractivity contribution in [3.05, 3.63) is 153 Å². The number of phenols is 2. The first-order valence-electron chi connectivity index (χ1n) is 19.3. The zero-order chi connectivity index (χ0) is 48.5. The molecule has 0 aliphatic heterocycles. The summed E-state index contributed by atoms with van der Waals surface area (Å²) in [6.45, 7) is 25.0. The molecule has 15 heteroatoms. The standard InChI is InChI=1S/2C15H22NO.C14H12.C4HF9O.Co/c2*1-14(2,3)11-7-10(9-16)13(17)12(8-11)15(4,5)6;1-3-7-13(8-4-1)11-12-14-9-5-2-6-10-14;5-1(2(6,7)8,3(9,10)11)4(12,13)14;/h2*7-9,17H,1-6H3;1-12H;14H;/q2*-1;-2;;. The van der Waals surface area contributed by atoms with Gasteiger partial charge in [0.25, 0.3) is 0 Å². The van der Waals surface area contributed by atoms with Gasteiger partial charge in [0.05, 0.1) is 0 Å². The van der Waals surface area contributed by atoms with Gasteiger partial charge in [-0.15, -0.1) is 24.3 Å². The predicted octanol–water partition coefficient (Wildman–Crippen LogP) is 13.8. The Morgan fingerprint density at radius 3 is 0.905 bits per heavy atom. The van der Waals surface area contributed by atoms with E-state index < -0.39 is 24.1 Å². The van der Waals surface area contributed by atoms with Crippen molar-refractivity contribution in [2.45, 2.75) is 129 Å². The maximum atomic E-state index is 12.1. The Labute approximate surface area is 376 Å². The van der Waals surface area contributed by atoms with E-state index in [2.05, 4.69) is 120 Å². The monoisotopic (exact) mass is 939 g/mol. The number of aliphatic hydroxyl groups is 1. The molecule has 0 heterocycles. The first-order chi connectivity index (χ1) is 27.8. The molecule has 0 aliphatic rings. The molecule has 0 aliphatic carbocycles. The Hall–Kier alpha value is -4.60. The molecule has 63 heavy (non-hydrogen) atoms. The van der Waals surface area contributed by atoms with Gasteiger partial charge < -0.3 is 26.1 Å². The number of hydrogen-bond acceptors (Lipinski definition) is 3. The molecule has 353 valence electrons. The van der Waals surface area contributed by atoms with Gasteiger partial charge in [-0.05, 0) is 56.0 Å². The van der Waals surface area contributed by atoms with E-state index in [4.69, 9.17) is 5.11 Å². The third-order valence-electron chi connectivity index (χ3n) is 9.17. The van der Waals surface area contributed by atoms with E-state index in [1.54, 1.807) is 0 Å². The zero-order valence-electron chi connectivity index (χ0n) is 37.4. The Balaban J connectivity index is 0.000000813. The van der Waals surface area contributed by atoms with Crippen LogP contribution in [-0.4, -0.2) is 51.9 Å². The average Bonchev–Trinajstić information content (AvgIpc) is 3.12. The zero-order valence-corrected chi connectivity index (χ0v) is 38.4. The molecule has 0 atom stereocenters. The molecule has 3 N–H and O–H groups in total. The van der Waals surface area contributed by atoms with Gasteiger partial charge >= 0.3 is 24.1 Å². The van der Waals surface area contributed by atoms with Crippen LogP contribution in [0, 0.1) is 12.8 Å². The minimum absolute atomic E-state index is 0. The number of nitrogens with zero attached hydrogens (tertiary/aromatic N) is 2. The molecule has 0 saturated heterocycles. The summed E-state index contributed by atoms with van der Waals surface area (Å²) in [7, 11) is 0. The smallest absolute Gasteiger partial charge is 0.440 e. The van der Waals surface area contributed by atoms with Gasteiger partial charge in [0.1, 0.15) is 11.5 Å². The van der Waals surface area contributed by atoms with Gasteiger partial charge in [-0.2, -0.15) is 71.8 Å². The minimum atomic E-state index is -6.97. The number of alkyl halides is 9. The van der Waals surface area contributed by atoms with E-state index in [0.717, 1.165) is 34.7 Å². The van der Waals surface area contributed by atoms with Crippen molar-refractivity contribution in [3.8, 4) is 11.5 Å². The maximum absolute atomic E-state index is 12.1. The number of halogens is 9. The molecule has 4 aromatic rings. The van der Waals surface area contributed by atoms with E-state index in [1.165, 1.54) is 11.1 Å². The van der Waals surface area contributed by atoms with Crippen LogP contribution >= 0.6 is 0 Å². The molecule has 0 fully saturated rings. The Bertz CT molecular complexity index is 1890. The van der Waals surface area contributed by atoms with Crippen molar-refractivity contribution in [1.29, 1.82) is 0 Å². The van der Waals surface area contributed by atoms with Crippen LogP contribution in [-0.2, 0) is 38.4 Å². The molecule has 4 rings (SSSR count). The van der Waals surface area contributed by atoms with Gasteiger partial charge in [0.2, 0.25) is 0 Å². The fourth-order valence-corrected chi connectivity index (χ4v) is 5.34. The molecular formula is C48H57CoF9N2O3-4. The van der Waals surface area contributed by atoms with Crippen LogP contribution in [0.4, 0.5) is 39.5 Å². The van der Waals surface area contributed by atoms with Crippen LogP contribution in [0.1, 0.15) is 128 Å². The summed E-state index contributed by atoms with van der Waals surface area (Å²) in [6, 6.07) is 28.4. The van der Waals surface area contributed by atoms with E-state index >= 15 is 0 Å². The molecule has 0 aromatic heterocycles. The van der Waals surface area contributed by atoms with Crippen LogP contribution in [0.5, 0.6) is 11.5 Å². The van der Waals surface area contributed by atoms with Crippen LogP contribution in [0.2, 0.25) is 0 Å². The molecule has 1 radical (unpaired) electrons. The largest absolute Gasteiger partial charge is 0.810 e. The van der Waals surface area contributed by atoms with Gasteiger partial charge in [-0.3, -0.25) is 0 Å². The second-order valence-corrected chi connectivity index (χ2v) is 18.5. The maximum Gasteiger partial charge on any atom is 0.440 e. The number of aromatic hydroxyl groups is 2. The molecular weight excluding hydrogens is 882 g/mol. The number of rotatable bonds is 6. The molecule has 0 saturated carbocycles. The summed E-state index contributed by atoms with van der Waals surface area (Å²) in [5, 5.41) is 45.9. The first-order valence-corrected chi connectivity index (χ1v) is 19.3. The van der Waals surface area contributed by atoms with Crippen LogP contribution < -0.4 is 0 Å². The summed E-state index contributed by atoms with van der Waals surface area (Å²) in [5.41, 5.74) is 0.116. The van der Waals surface area contributed by atoms with Crippen LogP contribution in [0.3, 0.4) is 0 Å². The summed E-state index contributed by atoms with van der Waals surface area (Å²) in [5.74, 6) is 0.348. The topological polar surface area (TPSA) is 105 Å². The molecule has 0 unspecified atom stereocenters. The molecule has 4 aromatic carbocycles. The third-order valence-corrected chi connectivity index (χ3v) is 9.17. The summed E-state index contributed by atoms with van der Waals surface area (Å²) >= 11 is 0. The number of benzene rings is 4. The Morgan fingerprint density at radius 1 is 0.460 bits per heavy atom. The summed E-state index contributed by atoms with van der Waals surface area (Å²) < 4.78 is 103. The van der Waals surface area contributed by atoms with E-state index in [9.17, 15) is 60.5 Å². The fraction of sp³-hybridized carbons (Fsp3) is 0.417. The second kappa shape index (κ2) is 21.9. The van der Waals surface area contributed by atoms with Crippen molar-refractivity contribution in [1.82, 2.24) is 0 Å². The van der Waals surface area contributed by atoms with Crippen molar-refractivity contribution < 1.29 is 71.6 Å². The molecule has 0 spiro atoms. The Morgan fingerprint density at radius 2 is 0.730 bits per heavy atom. The van der Waals surface area contributed by atoms with E-state index in [0.29, 0.717) is 11.1 Å². The molecule has 5 nitrogen and oxygen atoms in total. The molecule has 0 amide bonds.